The van der Waals surface area contributed by atoms with Gasteiger partial charge in [-0.25, -0.2) is 19.2 Å². The molecule has 0 aliphatic heterocycles. The highest BCUT2D eigenvalue weighted by molar-refractivity contribution is 5.96. The molecule has 3 aromatic rings. The molecule has 0 N–H and O–H groups in total. The highest BCUT2D eigenvalue weighted by Crippen LogP contribution is 2.21. The molecule has 0 saturated heterocycles. The summed E-state index contributed by atoms with van der Waals surface area (Å²) in [6, 6.07) is 8.65. The van der Waals surface area contributed by atoms with Crippen LogP contribution in [-0.2, 0) is 32.1 Å². The zero-order valence-electron chi connectivity index (χ0n) is 22.5. The first-order valence-electron chi connectivity index (χ1n) is 12.1. The van der Waals surface area contributed by atoms with Gasteiger partial charge in [0.15, 0.2) is 0 Å². The van der Waals surface area contributed by atoms with E-state index >= 15 is 0 Å². The third-order valence-electron chi connectivity index (χ3n) is 5.52. The van der Waals surface area contributed by atoms with Gasteiger partial charge in [-0.2, -0.15) is 0 Å². The highest BCUT2D eigenvalue weighted by Gasteiger charge is 2.16. The van der Waals surface area contributed by atoms with Crippen LogP contribution in [0.5, 0.6) is 11.5 Å². The summed E-state index contributed by atoms with van der Waals surface area (Å²) in [4.78, 5) is 47.7. The molecule has 0 bridgehead atoms. The second-order valence-electron chi connectivity index (χ2n) is 8.28. The first-order chi connectivity index (χ1) is 19.3. The van der Waals surface area contributed by atoms with Gasteiger partial charge in [0, 0.05) is 6.54 Å². The minimum absolute atomic E-state index is 0.0490. The molecule has 0 saturated carbocycles. The van der Waals surface area contributed by atoms with E-state index in [9.17, 15) is 19.2 Å². The number of nitrogens with zero attached hydrogens (tertiary/aromatic N) is 3. The SMILES string of the molecule is COC(=O)c1cc(OCCCCn2cc(COc3cc(C(=O)OC)cc(C(=O)OC)c3)nn2)cc(C(=O)OC)c1. The molecule has 0 unspecified atom stereocenters. The number of aromatic nitrogens is 3. The van der Waals surface area contributed by atoms with Crippen LogP contribution < -0.4 is 9.47 Å². The Bertz CT molecular complexity index is 1300. The van der Waals surface area contributed by atoms with Crippen LogP contribution in [0.1, 0.15) is 60.0 Å². The molecule has 3 rings (SSSR count). The number of methoxy groups -OCH3 is 4. The van der Waals surface area contributed by atoms with Gasteiger partial charge in [-0.05, 0) is 49.2 Å². The number of benzene rings is 2. The lowest BCUT2D eigenvalue weighted by atomic mass is 10.1. The van der Waals surface area contributed by atoms with Crippen molar-refractivity contribution >= 4 is 23.9 Å². The van der Waals surface area contributed by atoms with Crippen molar-refractivity contribution < 1.29 is 47.6 Å². The zero-order chi connectivity index (χ0) is 29.1. The first kappa shape index (κ1) is 29.6. The van der Waals surface area contributed by atoms with Crippen molar-refractivity contribution in [3.8, 4) is 11.5 Å². The highest BCUT2D eigenvalue weighted by atomic mass is 16.5. The third kappa shape index (κ3) is 8.03. The Morgan fingerprint density at radius 2 is 1.10 bits per heavy atom. The molecule has 40 heavy (non-hydrogen) atoms. The second kappa shape index (κ2) is 14.3. The van der Waals surface area contributed by atoms with Crippen molar-refractivity contribution in [1.82, 2.24) is 15.0 Å². The number of esters is 4. The summed E-state index contributed by atoms with van der Waals surface area (Å²) in [5, 5.41) is 8.16. The Hall–Kier alpha value is -4.94. The lowest BCUT2D eigenvalue weighted by Crippen LogP contribution is -2.08. The fraction of sp³-hybridized carbons (Fsp3) is 0.333. The average Bonchev–Trinajstić information content (AvgIpc) is 3.45. The van der Waals surface area contributed by atoms with E-state index in [0.29, 0.717) is 37.4 Å². The van der Waals surface area contributed by atoms with Crippen molar-refractivity contribution in [2.24, 2.45) is 0 Å². The summed E-state index contributed by atoms with van der Waals surface area (Å²) in [6.07, 6.45) is 3.07. The summed E-state index contributed by atoms with van der Waals surface area (Å²) in [7, 11) is 4.97. The van der Waals surface area contributed by atoms with E-state index in [0.717, 1.165) is 0 Å². The number of hydrogen-bond acceptors (Lipinski definition) is 12. The maximum absolute atomic E-state index is 11.9. The minimum atomic E-state index is -0.620. The van der Waals surface area contributed by atoms with E-state index in [2.05, 4.69) is 10.3 Å². The molecule has 1 aromatic heterocycles. The number of carbonyl (C=O) groups is 4. The van der Waals surface area contributed by atoms with Crippen LogP contribution in [-0.4, -0.2) is 73.9 Å². The third-order valence-corrected chi connectivity index (χ3v) is 5.52. The summed E-state index contributed by atoms with van der Waals surface area (Å²) in [5.41, 5.74) is 1.18. The molecule has 2 aromatic carbocycles. The lowest BCUT2D eigenvalue weighted by Gasteiger charge is -2.10. The number of rotatable bonds is 13. The van der Waals surface area contributed by atoms with E-state index < -0.39 is 23.9 Å². The van der Waals surface area contributed by atoms with Gasteiger partial charge in [0.2, 0.25) is 0 Å². The van der Waals surface area contributed by atoms with Gasteiger partial charge in [-0.15, -0.1) is 5.10 Å². The van der Waals surface area contributed by atoms with Crippen LogP contribution in [0, 0.1) is 0 Å². The quantitative estimate of drug-likeness (QED) is 0.173. The number of ether oxygens (including phenoxy) is 6. The number of unbranched alkanes of at least 4 members (excludes halogenated alkanes) is 1. The smallest absolute Gasteiger partial charge is 0.338 e. The fourth-order valence-corrected chi connectivity index (χ4v) is 3.54. The van der Waals surface area contributed by atoms with Crippen molar-refractivity contribution in [2.75, 3.05) is 35.0 Å². The molecule has 0 atom stereocenters. The van der Waals surface area contributed by atoms with Crippen LogP contribution in [0.25, 0.3) is 0 Å². The Balaban J connectivity index is 1.51. The first-order valence-corrected chi connectivity index (χ1v) is 12.1. The van der Waals surface area contributed by atoms with Crippen LogP contribution in [0.15, 0.2) is 42.6 Å². The van der Waals surface area contributed by atoms with Gasteiger partial charge in [-0.3, -0.25) is 4.68 Å². The predicted molar refractivity (Wildman–Crippen MR) is 137 cm³/mol. The summed E-state index contributed by atoms with van der Waals surface area (Å²) >= 11 is 0. The monoisotopic (exact) mass is 555 g/mol. The van der Waals surface area contributed by atoms with Crippen LogP contribution in [0.4, 0.5) is 0 Å². The van der Waals surface area contributed by atoms with Crippen LogP contribution in [0.3, 0.4) is 0 Å². The van der Waals surface area contributed by atoms with Crippen LogP contribution >= 0.6 is 0 Å². The van der Waals surface area contributed by atoms with E-state index in [1.807, 2.05) is 0 Å². The molecule has 0 spiro atoms. The Morgan fingerprint density at radius 1 is 0.650 bits per heavy atom. The molecule has 0 radical (unpaired) electrons. The van der Waals surface area contributed by atoms with Gasteiger partial charge in [-0.1, -0.05) is 5.21 Å². The van der Waals surface area contributed by atoms with Gasteiger partial charge < -0.3 is 28.4 Å². The van der Waals surface area contributed by atoms with Crippen molar-refractivity contribution in [3.63, 3.8) is 0 Å². The van der Waals surface area contributed by atoms with E-state index in [4.69, 9.17) is 28.4 Å². The topological polar surface area (TPSA) is 154 Å². The summed E-state index contributed by atoms with van der Waals surface area (Å²) in [5.74, 6) is -1.82. The average molecular weight is 556 g/mol. The van der Waals surface area contributed by atoms with Crippen molar-refractivity contribution in [2.45, 2.75) is 26.0 Å². The number of hydrogen-bond donors (Lipinski definition) is 0. The van der Waals surface area contributed by atoms with E-state index in [1.165, 1.54) is 64.8 Å². The molecule has 1 heterocycles. The Kier molecular flexibility index (Phi) is 10.6. The number of aryl methyl sites for hydroxylation is 1. The maximum atomic E-state index is 11.9. The standard InChI is InChI=1S/C27H29N3O10/c1-35-24(31)17-9-18(25(32)36-2)12-22(11-17)39-8-6-5-7-30-15-21(28-29-30)16-40-23-13-19(26(33)37-3)10-20(14-23)27(34)38-4/h9-15H,5-8,16H2,1-4H3. The molecule has 0 aliphatic rings. The summed E-state index contributed by atoms with van der Waals surface area (Å²) < 4.78 is 32.0. The van der Waals surface area contributed by atoms with Gasteiger partial charge >= 0.3 is 23.9 Å². The van der Waals surface area contributed by atoms with Crippen LogP contribution in [0.2, 0.25) is 0 Å². The zero-order valence-corrected chi connectivity index (χ0v) is 22.5. The molecule has 212 valence electrons. The van der Waals surface area contributed by atoms with Gasteiger partial charge in [0.05, 0.1) is 63.5 Å². The van der Waals surface area contributed by atoms with Gasteiger partial charge in [0.25, 0.3) is 0 Å². The van der Waals surface area contributed by atoms with E-state index in [1.54, 1.807) is 10.9 Å². The molecule has 13 heteroatoms. The molecule has 13 nitrogen and oxygen atoms in total. The minimum Gasteiger partial charge on any atom is -0.494 e. The predicted octanol–water partition coefficient (Wildman–Crippen LogP) is 2.86. The molecule has 0 fully saturated rings. The fourth-order valence-electron chi connectivity index (χ4n) is 3.54. The van der Waals surface area contributed by atoms with E-state index in [-0.39, 0.29) is 34.6 Å². The van der Waals surface area contributed by atoms with Crippen molar-refractivity contribution in [1.29, 1.82) is 0 Å². The van der Waals surface area contributed by atoms with Crippen molar-refractivity contribution in [3.05, 3.63) is 70.5 Å². The summed E-state index contributed by atoms with van der Waals surface area (Å²) in [6.45, 7) is 0.929. The largest absolute Gasteiger partial charge is 0.494 e. The molecule has 0 amide bonds. The molecular weight excluding hydrogens is 526 g/mol. The molecular formula is C27H29N3O10. The number of carbonyl (C=O) groups excluding carboxylic acids is 4. The maximum Gasteiger partial charge on any atom is 0.338 e. The van der Waals surface area contributed by atoms with Gasteiger partial charge in [0.1, 0.15) is 23.8 Å². The lowest BCUT2D eigenvalue weighted by molar-refractivity contribution is 0.0580. The molecule has 0 aliphatic carbocycles. The normalized spacial score (nSPS) is 10.4. The Morgan fingerprint density at radius 3 is 1.55 bits per heavy atom. The second-order valence-corrected chi connectivity index (χ2v) is 8.28. The Labute approximate surface area is 229 Å².